The quantitative estimate of drug-likeness (QED) is 0.564. The van der Waals surface area contributed by atoms with E-state index in [0.29, 0.717) is 11.8 Å². The van der Waals surface area contributed by atoms with E-state index in [1.54, 1.807) is 0 Å². The Morgan fingerprint density at radius 3 is 3.07 bits per heavy atom. The van der Waals surface area contributed by atoms with E-state index < -0.39 is 0 Å². The lowest BCUT2D eigenvalue weighted by Gasteiger charge is -2.14. The van der Waals surface area contributed by atoms with Gasteiger partial charge in [0.05, 0.1) is 11.6 Å². The molecule has 0 amide bonds. The van der Waals surface area contributed by atoms with Crippen molar-refractivity contribution in [2.45, 2.75) is 25.2 Å². The lowest BCUT2D eigenvalue weighted by atomic mass is 9.89. The average molecular weight is 181 g/mol. The van der Waals surface area contributed by atoms with Gasteiger partial charge in [-0.2, -0.15) is 5.26 Å². The molecule has 0 heterocycles. The smallest absolute Gasteiger partial charge is 0.0994 e. The topological polar surface area (TPSA) is 23.8 Å². The van der Waals surface area contributed by atoms with Crippen molar-refractivity contribution in [3.63, 3.8) is 0 Å². The minimum Gasteiger partial charge on any atom is -0.192 e. The van der Waals surface area contributed by atoms with Crippen LogP contribution < -0.4 is 0 Å². The molecular formula is C13H11N. The van der Waals surface area contributed by atoms with Crippen LogP contribution in [0.4, 0.5) is 0 Å². The van der Waals surface area contributed by atoms with Crippen molar-refractivity contribution in [3.05, 3.63) is 46.5 Å². The molecule has 0 N–H and O–H groups in total. The summed E-state index contributed by atoms with van der Waals surface area (Å²) in [6.07, 6.45) is 3.52. The number of nitriles is 1. The Bertz CT molecular complexity index is 476. The molecule has 68 valence electrons. The molecule has 2 bridgehead atoms. The van der Waals surface area contributed by atoms with Gasteiger partial charge in [-0.1, -0.05) is 23.8 Å². The van der Waals surface area contributed by atoms with Gasteiger partial charge in [-0.15, -0.1) is 0 Å². The van der Waals surface area contributed by atoms with Gasteiger partial charge in [0.25, 0.3) is 0 Å². The summed E-state index contributed by atoms with van der Waals surface area (Å²) in [5.41, 5.74) is 5.05. The highest BCUT2D eigenvalue weighted by Gasteiger charge is 2.37. The van der Waals surface area contributed by atoms with Crippen LogP contribution >= 0.6 is 0 Å². The molecule has 0 saturated carbocycles. The first-order valence-electron chi connectivity index (χ1n) is 5.02. The predicted octanol–water partition coefficient (Wildman–Crippen LogP) is 3.09. The van der Waals surface area contributed by atoms with Gasteiger partial charge in [-0.3, -0.25) is 0 Å². The molecular weight excluding hydrogens is 170 g/mol. The van der Waals surface area contributed by atoms with Crippen LogP contribution in [0.3, 0.4) is 0 Å². The van der Waals surface area contributed by atoms with Crippen LogP contribution in [0, 0.1) is 11.3 Å². The first kappa shape index (κ1) is 7.82. The van der Waals surface area contributed by atoms with E-state index in [-0.39, 0.29) is 0 Å². The molecule has 1 aromatic carbocycles. The second-order valence-corrected chi connectivity index (χ2v) is 4.23. The molecule has 0 aromatic heterocycles. The SMILES string of the molecule is CC1=C[C@H]2C[C@@H]1c1cccc(C#N)c12. The summed E-state index contributed by atoms with van der Waals surface area (Å²) in [5.74, 6) is 1.12. The van der Waals surface area contributed by atoms with E-state index in [4.69, 9.17) is 5.26 Å². The molecule has 1 heteroatoms. The highest BCUT2D eigenvalue weighted by atomic mass is 14.4. The third-order valence-corrected chi connectivity index (χ3v) is 3.51. The van der Waals surface area contributed by atoms with Crippen molar-refractivity contribution in [2.24, 2.45) is 0 Å². The Labute approximate surface area is 83.7 Å². The van der Waals surface area contributed by atoms with Gasteiger partial charge in [-0.05, 0) is 30.5 Å². The number of hydrogen-bond donors (Lipinski definition) is 0. The normalized spacial score (nSPS) is 27.0. The van der Waals surface area contributed by atoms with Gasteiger partial charge in [0, 0.05) is 11.8 Å². The van der Waals surface area contributed by atoms with Crippen LogP contribution in [0.5, 0.6) is 0 Å². The molecule has 0 saturated heterocycles. The average Bonchev–Trinajstić information content (AvgIpc) is 2.74. The fourth-order valence-corrected chi connectivity index (χ4v) is 2.91. The molecule has 2 atom stereocenters. The number of nitrogens with zero attached hydrogens (tertiary/aromatic N) is 1. The van der Waals surface area contributed by atoms with Crippen LogP contribution in [-0.2, 0) is 0 Å². The number of rotatable bonds is 0. The van der Waals surface area contributed by atoms with Crippen LogP contribution in [0.25, 0.3) is 0 Å². The highest BCUT2D eigenvalue weighted by molar-refractivity contribution is 5.57. The van der Waals surface area contributed by atoms with E-state index >= 15 is 0 Å². The predicted molar refractivity (Wildman–Crippen MR) is 55.0 cm³/mol. The molecule has 14 heavy (non-hydrogen) atoms. The number of hydrogen-bond acceptors (Lipinski definition) is 1. The standard InChI is InChI=1S/C13H11N/c1-8-5-10-6-12(8)11-4-2-3-9(7-14)13(10)11/h2-5,10,12H,6H2,1H3/t10-,12-/m0/s1. The van der Waals surface area contributed by atoms with Crippen molar-refractivity contribution in [1.29, 1.82) is 5.26 Å². The maximum absolute atomic E-state index is 9.03. The van der Waals surface area contributed by atoms with Gasteiger partial charge in [0.2, 0.25) is 0 Å². The molecule has 2 aliphatic rings. The molecule has 1 nitrogen and oxygen atoms in total. The third-order valence-electron chi connectivity index (χ3n) is 3.51. The first-order valence-corrected chi connectivity index (χ1v) is 5.02. The van der Waals surface area contributed by atoms with E-state index in [1.807, 2.05) is 12.1 Å². The number of benzene rings is 1. The van der Waals surface area contributed by atoms with Gasteiger partial charge >= 0.3 is 0 Å². The van der Waals surface area contributed by atoms with Crippen LogP contribution in [0.1, 0.15) is 41.9 Å². The largest absolute Gasteiger partial charge is 0.192 e. The number of allylic oxidation sites excluding steroid dienone is 2. The summed E-state index contributed by atoms with van der Waals surface area (Å²) in [4.78, 5) is 0. The molecule has 0 unspecified atom stereocenters. The second kappa shape index (κ2) is 2.48. The van der Waals surface area contributed by atoms with Gasteiger partial charge in [0.1, 0.15) is 0 Å². The Hall–Kier alpha value is -1.55. The molecule has 1 aromatic rings. The molecule has 0 spiro atoms. The monoisotopic (exact) mass is 181 g/mol. The molecule has 0 fully saturated rings. The summed E-state index contributed by atoms with van der Waals surface area (Å²) < 4.78 is 0. The highest BCUT2D eigenvalue weighted by Crippen LogP contribution is 2.52. The Kier molecular flexibility index (Phi) is 1.39. The summed E-state index contributed by atoms with van der Waals surface area (Å²) in [7, 11) is 0. The molecule has 0 aliphatic heterocycles. The van der Waals surface area contributed by atoms with Crippen molar-refractivity contribution < 1.29 is 0 Å². The number of fused-ring (bicyclic) bond motifs is 5. The summed E-state index contributed by atoms with van der Waals surface area (Å²) >= 11 is 0. The first-order chi connectivity index (χ1) is 6.81. The fourth-order valence-electron chi connectivity index (χ4n) is 2.91. The van der Waals surface area contributed by atoms with Crippen LogP contribution in [-0.4, -0.2) is 0 Å². The van der Waals surface area contributed by atoms with Crippen molar-refractivity contribution in [2.75, 3.05) is 0 Å². The molecule has 2 aliphatic carbocycles. The maximum atomic E-state index is 9.03. The zero-order valence-corrected chi connectivity index (χ0v) is 8.12. The molecule has 0 radical (unpaired) electrons. The van der Waals surface area contributed by atoms with Gasteiger partial charge in [-0.25, -0.2) is 0 Å². The van der Waals surface area contributed by atoms with E-state index in [0.717, 1.165) is 5.56 Å². The minimum atomic E-state index is 0.519. The lowest BCUT2D eigenvalue weighted by Crippen LogP contribution is -1.99. The van der Waals surface area contributed by atoms with Crippen molar-refractivity contribution in [3.8, 4) is 6.07 Å². The zero-order chi connectivity index (χ0) is 9.71. The van der Waals surface area contributed by atoms with E-state index in [2.05, 4.69) is 25.1 Å². The van der Waals surface area contributed by atoms with Gasteiger partial charge < -0.3 is 0 Å². The molecule has 3 rings (SSSR count). The maximum Gasteiger partial charge on any atom is 0.0994 e. The van der Waals surface area contributed by atoms with Crippen LogP contribution in [0.15, 0.2) is 29.8 Å². The minimum absolute atomic E-state index is 0.519. The Morgan fingerprint density at radius 1 is 1.43 bits per heavy atom. The second-order valence-electron chi connectivity index (χ2n) is 4.23. The van der Waals surface area contributed by atoms with Crippen molar-refractivity contribution in [1.82, 2.24) is 0 Å². The summed E-state index contributed by atoms with van der Waals surface area (Å²) in [6, 6.07) is 8.41. The lowest BCUT2D eigenvalue weighted by molar-refractivity contribution is 0.784. The van der Waals surface area contributed by atoms with Gasteiger partial charge in [0.15, 0.2) is 0 Å². The summed E-state index contributed by atoms with van der Waals surface area (Å²) in [6.45, 7) is 2.20. The Balaban J connectivity index is 2.27. The summed E-state index contributed by atoms with van der Waals surface area (Å²) in [5, 5.41) is 9.03. The Morgan fingerprint density at radius 2 is 2.29 bits per heavy atom. The van der Waals surface area contributed by atoms with E-state index in [9.17, 15) is 0 Å². The van der Waals surface area contributed by atoms with Crippen molar-refractivity contribution >= 4 is 0 Å². The van der Waals surface area contributed by atoms with Crippen LogP contribution in [0.2, 0.25) is 0 Å². The fraction of sp³-hybridized carbons (Fsp3) is 0.308. The van der Waals surface area contributed by atoms with E-state index in [1.165, 1.54) is 23.1 Å². The third kappa shape index (κ3) is 0.786. The zero-order valence-electron chi connectivity index (χ0n) is 8.12.